The lowest BCUT2D eigenvalue weighted by atomic mass is 10.1. The molecule has 0 aromatic heterocycles. The SMILES string of the molecule is CSN(O)C(C)(C)C. The molecule has 2 nitrogen and oxygen atoms in total. The summed E-state index contributed by atoms with van der Waals surface area (Å²) in [6.45, 7) is 5.84. The van der Waals surface area contributed by atoms with E-state index in [2.05, 4.69) is 0 Å². The normalized spacial score (nSPS) is 12.8. The summed E-state index contributed by atoms with van der Waals surface area (Å²) >= 11 is 1.32. The smallest absolute Gasteiger partial charge is 0.0491 e. The Labute approximate surface area is 55.0 Å². The summed E-state index contributed by atoms with van der Waals surface area (Å²) < 4.78 is 1.23. The van der Waals surface area contributed by atoms with Gasteiger partial charge in [-0.25, -0.2) is 0 Å². The van der Waals surface area contributed by atoms with Gasteiger partial charge >= 0.3 is 0 Å². The molecule has 0 heterocycles. The van der Waals surface area contributed by atoms with Gasteiger partial charge in [0.25, 0.3) is 0 Å². The lowest BCUT2D eigenvalue weighted by Crippen LogP contribution is -2.32. The molecule has 0 atom stereocenters. The Morgan fingerprint density at radius 2 is 1.75 bits per heavy atom. The van der Waals surface area contributed by atoms with Gasteiger partial charge in [0.15, 0.2) is 0 Å². The summed E-state index contributed by atoms with van der Waals surface area (Å²) in [6, 6.07) is 0. The molecule has 0 saturated carbocycles. The van der Waals surface area contributed by atoms with Crippen molar-refractivity contribution in [2.24, 2.45) is 0 Å². The van der Waals surface area contributed by atoms with Crippen molar-refractivity contribution >= 4 is 11.9 Å². The topological polar surface area (TPSA) is 23.5 Å². The third kappa shape index (κ3) is 2.55. The minimum atomic E-state index is -0.139. The van der Waals surface area contributed by atoms with Crippen LogP contribution in [0.5, 0.6) is 0 Å². The van der Waals surface area contributed by atoms with Gasteiger partial charge in [-0.1, -0.05) is 11.9 Å². The molecule has 0 rings (SSSR count). The van der Waals surface area contributed by atoms with Gasteiger partial charge in [-0.3, -0.25) is 0 Å². The molecule has 0 spiro atoms. The van der Waals surface area contributed by atoms with Gasteiger partial charge in [0, 0.05) is 5.54 Å². The molecule has 0 unspecified atom stereocenters. The van der Waals surface area contributed by atoms with Gasteiger partial charge in [0.2, 0.25) is 0 Å². The van der Waals surface area contributed by atoms with Gasteiger partial charge in [-0.15, -0.1) is 4.47 Å². The van der Waals surface area contributed by atoms with Crippen LogP contribution in [0.3, 0.4) is 0 Å². The van der Waals surface area contributed by atoms with Crippen molar-refractivity contribution in [2.45, 2.75) is 26.3 Å². The van der Waals surface area contributed by atoms with Gasteiger partial charge < -0.3 is 5.21 Å². The Bertz CT molecular complexity index is 69.3. The zero-order chi connectivity index (χ0) is 6.78. The molecule has 0 radical (unpaired) electrons. The minimum Gasteiger partial charge on any atom is -0.303 e. The average Bonchev–Trinajstić information content (AvgIpc) is 1.62. The summed E-state index contributed by atoms with van der Waals surface area (Å²) in [7, 11) is 0. The van der Waals surface area contributed by atoms with Crippen LogP contribution in [-0.2, 0) is 0 Å². The molecule has 8 heavy (non-hydrogen) atoms. The summed E-state index contributed by atoms with van der Waals surface area (Å²) in [5, 5.41) is 8.99. The van der Waals surface area contributed by atoms with E-state index >= 15 is 0 Å². The van der Waals surface area contributed by atoms with Crippen LogP contribution >= 0.6 is 11.9 Å². The zero-order valence-corrected chi connectivity index (χ0v) is 6.62. The van der Waals surface area contributed by atoms with Gasteiger partial charge in [0.1, 0.15) is 0 Å². The Morgan fingerprint density at radius 3 is 1.75 bits per heavy atom. The highest BCUT2D eigenvalue weighted by molar-refractivity contribution is 7.96. The van der Waals surface area contributed by atoms with Gasteiger partial charge in [-0.2, -0.15) is 0 Å². The van der Waals surface area contributed by atoms with Crippen LogP contribution in [0, 0.1) is 0 Å². The predicted molar refractivity (Wildman–Crippen MR) is 36.9 cm³/mol. The maximum absolute atomic E-state index is 8.99. The second kappa shape index (κ2) is 2.71. The van der Waals surface area contributed by atoms with E-state index in [-0.39, 0.29) is 5.54 Å². The second-order valence-corrected chi connectivity index (χ2v) is 3.34. The van der Waals surface area contributed by atoms with E-state index in [4.69, 9.17) is 5.21 Å². The van der Waals surface area contributed by atoms with Crippen LogP contribution in [0.15, 0.2) is 0 Å². The Kier molecular flexibility index (Phi) is 2.80. The van der Waals surface area contributed by atoms with Crippen molar-refractivity contribution in [1.29, 1.82) is 0 Å². The standard InChI is InChI=1S/C5H13NOS/c1-5(2,3)6(7)8-4/h7H,1-4H3. The third-order valence-electron chi connectivity index (χ3n) is 0.747. The van der Waals surface area contributed by atoms with Crippen LogP contribution in [0.4, 0.5) is 0 Å². The summed E-state index contributed by atoms with van der Waals surface area (Å²) in [6.07, 6.45) is 1.84. The fourth-order valence-electron chi connectivity index (χ4n) is 0.274. The zero-order valence-electron chi connectivity index (χ0n) is 5.80. The minimum absolute atomic E-state index is 0.139. The molecule has 3 heteroatoms. The molecule has 0 aliphatic heterocycles. The van der Waals surface area contributed by atoms with Crippen molar-refractivity contribution in [3.8, 4) is 0 Å². The fraction of sp³-hybridized carbons (Fsp3) is 1.00. The molecule has 0 fully saturated rings. The van der Waals surface area contributed by atoms with Crippen molar-refractivity contribution in [2.75, 3.05) is 6.26 Å². The fourth-order valence-corrected chi connectivity index (χ4v) is 0.822. The van der Waals surface area contributed by atoms with E-state index in [0.29, 0.717) is 0 Å². The Hall–Kier alpha value is 0.270. The van der Waals surface area contributed by atoms with E-state index in [1.165, 1.54) is 16.4 Å². The summed E-state index contributed by atoms with van der Waals surface area (Å²) in [5.41, 5.74) is -0.139. The van der Waals surface area contributed by atoms with Crippen LogP contribution < -0.4 is 0 Å². The molecule has 0 aromatic carbocycles. The largest absolute Gasteiger partial charge is 0.303 e. The molecule has 0 amide bonds. The number of hydroxylamine groups is 1. The quantitative estimate of drug-likeness (QED) is 0.437. The maximum Gasteiger partial charge on any atom is 0.0491 e. The van der Waals surface area contributed by atoms with Crippen molar-refractivity contribution < 1.29 is 5.21 Å². The highest BCUT2D eigenvalue weighted by Gasteiger charge is 2.17. The third-order valence-corrected chi connectivity index (χ3v) is 1.64. The highest BCUT2D eigenvalue weighted by Crippen LogP contribution is 2.16. The van der Waals surface area contributed by atoms with Crippen LogP contribution in [-0.4, -0.2) is 21.5 Å². The van der Waals surface area contributed by atoms with E-state index in [9.17, 15) is 0 Å². The van der Waals surface area contributed by atoms with Crippen molar-refractivity contribution in [3.05, 3.63) is 0 Å². The first-order valence-corrected chi connectivity index (χ1v) is 3.70. The summed E-state index contributed by atoms with van der Waals surface area (Å²) in [4.78, 5) is 0. The Balaban J connectivity index is 3.62. The lowest BCUT2D eigenvalue weighted by Gasteiger charge is -2.26. The number of hydrogen-bond acceptors (Lipinski definition) is 3. The molecular formula is C5H13NOS. The molecule has 0 bridgehead atoms. The van der Waals surface area contributed by atoms with Crippen LogP contribution in [0.2, 0.25) is 0 Å². The number of hydrogen-bond donors (Lipinski definition) is 1. The van der Waals surface area contributed by atoms with Crippen LogP contribution in [0.1, 0.15) is 20.8 Å². The van der Waals surface area contributed by atoms with Crippen molar-refractivity contribution in [1.82, 2.24) is 4.47 Å². The predicted octanol–water partition coefficient (Wildman–Crippen LogP) is 1.75. The second-order valence-electron chi connectivity index (χ2n) is 2.63. The maximum atomic E-state index is 8.99. The van der Waals surface area contributed by atoms with E-state index < -0.39 is 0 Å². The molecule has 1 N–H and O–H groups in total. The monoisotopic (exact) mass is 135 g/mol. The molecular weight excluding hydrogens is 122 g/mol. The van der Waals surface area contributed by atoms with E-state index in [1.54, 1.807) is 0 Å². The Morgan fingerprint density at radius 1 is 1.38 bits per heavy atom. The number of nitrogens with zero attached hydrogens (tertiary/aromatic N) is 1. The van der Waals surface area contributed by atoms with Crippen LogP contribution in [0.25, 0.3) is 0 Å². The first-order valence-electron chi connectivity index (χ1n) is 2.51. The van der Waals surface area contributed by atoms with Crippen molar-refractivity contribution in [3.63, 3.8) is 0 Å². The van der Waals surface area contributed by atoms with E-state index in [0.717, 1.165) is 0 Å². The van der Waals surface area contributed by atoms with E-state index in [1.807, 2.05) is 27.0 Å². The highest BCUT2D eigenvalue weighted by atomic mass is 32.2. The molecule has 0 aromatic rings. The first-order chi connectivity index (χ1) is 3.48. The molecule has 0 saturated heterocycles. The molecule has 0 aliphatic carbocycles. The summed E-state index contributed by atoms with van der Waals surface area (Å²) in [5.74, 6) is 0. The first kappa shape index (κ1) is 8.27. The average molecular weight is 135 g/mol. The van der Waals surface area contributed by atoms with Gasteiger partial charge in [-0.05, 0) is 27.0 Å². The molecule has 0 aliphatic rings. The van der Waals surface area contributed by atoms with Gasteiger partial charge in [0.05, 0.1) is 0 Å². The molecule has 50 valence electrons. The number of rotatable bonds is 1. The lowest BCUT2D eigenvalue weighted by molar-refractivity contribution is -0.0547.